The van der Waals surface area contributed by atoms with Gasteiger partial charge in [0.05, 0.1) is 18.6 Å². The summed E-state index contributed by atoms with van der Waals surface area (Å²) < 4.78 is 8.32. The summed E-state index contributed by atoms with van der Waals surface area (Å²) in [7, 11) is 0. The van der Waals surface area contributed by atoms with E-state index in [1.165, 1.54) is 0 Å². The zero-order valence-electron chi connectivity index (χ0n) is 18.6. The highest BCUT2D eigenvalue weighted by molar-refractivity contribution is 6.07. The predicted octanol–water partition coefficient (Wildman–Crippen LogP) is 4.75. The van der Waals surface area contributed by atoms with Gasteiger partial charge >= 0.3 is 0 Å². The number of fused-ring (bicyclic) bond motifs is 6. The smallest absolute Gasteiger partial charge is 0.254 e. The number of carbonyl (C=O) groups is 1. The maximum atomic E-state index is 13.5. The van der Waals surface area contributed by atoms with E-state index in [1.807, 2.05) is 66.0 Å². The van der Waals surface area contributed by atoms with E-state index in [9.17, 15) is 4.79 Å². The molecule has 3 aromatic carbocycles. The van der Waals surface area contributed by atoms with Crippen molar-refractivity contribution in [2.75, 3.05) is 13.1 Å². The van der Waals surface area contributed by atoms with E-state index < -0.39 is 0 Å². The van der Waals surface area contributed by atoms with E-state index in [2.05, 4.69) is 19.7 Å². The summed E-state index contributed by atoms with van der Waals surface area (Å²) >= 11 is 0. The van der Waals surface area contributed by atoms with Crippen LogP contribution in [-0.4, -0.2) is 39.5 Å². The molecule has 0 radical (unpaired) electrons. The molecule has 1 fully saturated rings. The number of aromatic nitrogens is 2. The minimum Gasteiger partial charge on any atom is -0.468 e. The second kappa shape index (κ2) is 8.32. The van der Waals surface area contributed by atoms with Crippen LogP contribution in [0.1, 0.15) is 28.0 Å². The molecule has 1 saturated heterocycles. The molecule has 1 aromatic heterocycles. The van der Waals surface area contributed by atoms with Gasteiger partial charge in [0.1, 0.15) is 11.5 Å². The first-order valence-electron chi connectivity index (χ1n) is 11.4. The number of imidazole rings is 1. The zero-order chi connectivity index (χ0) is 23.1. The molecular formula is C27H23N5O2. The van der Waals surface area contributed by atoms with Gasteiger partial charge in [-0.2, -0.15) is 0 Å². The summed E-state index contributed by atoms with van der Waals surface area (Å²) in [5.74, 6) is 1.14. The first-order valence-corrected chi connectivity index (χ1v) is 11.4. The Balaban J connectivity index is 1.48. The van der Waals surface area contributed by atoms with Gasteiger partial charge in [-0.3, -0.25) is 4.79 Å². The Morgan fingerprint density at radius 2 is 2.09 bits per heavy atom. The average Bonchev–Trinajstić information content (AvgIpc) is 3.51. The van der Waals surface area contributed by atoms with Gasteiger partial charge in [-0.1, -0.05) is 30.3 Å². The number of nitrogens with zero attached hydrogens (tertiary/aromatic N) is 4. The van der Waals surface area contributed by atoms with Crippen LogP contribution in [0.15, 0.2) is 67.1 Å². The number of hydrogen-bond acceptors (Lipinski definition) is 4. The molecule has 0 unspecified atom stereocenters. The van der Waals surface area contributed by atoms with Crippen molar-refractivity contribution in [1.29, 1.82) is 0 Å². The van der Waals surface area contributed by atoms with E-state index in [0.717, 1.165) is 35.0 Å². The Morgan fingerprint density at radius 3 is 3.00 bits per heavy atom. The van der Waals surface area contributed by atoms with Crippen LogP contribution < -0.4 is 10.1 Å². The first-order chi connectivity index (χ1) is 16.7. The molecule has 2 aliphatic rings. The highest BCUT2D eigenvalue weighted by atomic mass is 16.5. The van der Waals surface area contributed by atoms with Crippen molar-refractivity contribution >= 4 is 22.4 Å². The van der Waals surface area contributed by atoms with Gasteiger partial charge in [-0.25, -0.2) is 9.83 Å². The molecule has 2 aliphatic heterocycles. The second-order valence-corrected chi connectivity index (χ2v) is 8.84. The molecule has 6 bridgehead atoms. The summed E-state index contributed by atoms with van der Waals surface area (Å²) in [6.45, 7) is 10.3. The van der Waals surface area contributed by atoms with Crippen LogP contribution in [0.2, 0.25) is 0 Å². The normalized spacial score (nSPS) is 17.8. The SMILES string of the molecule is [C-]#[N+]c1ccc2cc1Oc1ccc3cccc(c3c1)C(=O)N1CC[C@@H](C1)NCc1cncn1C2. The Labute approximate surface area is 197 Å². The maximum Gasteiger partial charge on any atom is 0.254 e. The summed E-state index contributed by atoms with van der Waals surface area (Å²) in [5, 5.41) is 5.44. The van der Waals surface area contributed by atoms with Crippen molar-refractivity contribution in [2.24, 2.45) is 0 Å². The Morgan fingerprint density at radius 1 is 1.15 bits per heavy atom. The number of ether oxygens (including phenoxy) is 1. The van der Waals surface area contributed by atoms with E-state index in [1.54, 1.807) is 6.07 Å². The number of nitrogens with one attached hydrogen (secondary N) is 1. The van der Waals surface area contributed by atoms with Gasteiger partial charge in [-0.15, -0.1) is 0 Å². The van der Waals surface area contributed by atoms with Gasteiger partial charge in [0.15, 0.2) is 0 Å². The Bertz CT molecular complexity index is 1450. The van der Waals surface area contributed by atoms with E-state index in [0.29, 0.717) is 42.4 Å². The minimum absolute atomic E-state index is 0.0326. The molecule has 0 aliphatic carbocycles. The lowest BCUT2D eigenvalue weighted by atomic mass is 10.0. The van der Waals surface area contributed by atoms with Gasteiger partial charge in [-0.05, 0) is 47.0 Å². The number of hydrogen-bond donors (Lipinski definition) is 1. The van der Waals surface area contributed by atoms with Gasteiger partial charge in [0.2, 0.25) is 5.69 Å². The largest absolute Gasteiger partial charge is 0.468 e. The number of amides is 1. The first kappa shape index (κ1) is 20.5. The van der Waals surface area contributed by atoms with E-state index >= 15 is 0 Å². The number of carbonyl (C=O) groups excluding carboxylic acids is 1. The highest BCUT2D eigenvalue weighted by Crippen LogP contribution is 2.35. The Hall–Kier alpha value is -4.15. The standard InChI is InChI=1S/C27H23N5O2/c1-28-25-8-5-18-11-26(25)34-22-7-6-19-3-2-4-23(24(19)12-22)27(33)31-10-9-20(16-31)30-14-21-13-29-17-32(21)15-18/h2-8,11-13,17,20,30H,9-10,14-16H2/t20-/m0/s1. The Kier molecular flexibility index (Phi) is 5.01. The lowest BCUT2D eigenvalue weighted by molar-refractivity contribution is 0.0791. The molecule has 1 atom stereocenters. The number of benzene rings is 3. The number of rotatable bonds is 0. The summed E-state index contributed by atoms with van der Waals surface area (Å²) in [5.41, 5.74) is 3.21. The molecule has 7 nitrogen and oxygen atoms in total. The zero-order valence-corrected chi connectivity index (χ0v) is 18.6. The van der Waals surface area contributed by atoms with Crippen molar-refractivity contribution in [3.63, 3.8) is 0 Å². The summed E-state index contributed by atoms with van der Waals surface area (Å²) in [4.78, 5) is 23.4. The fraction of sp³-hybridized carbons (Fsp3) is 0.222. The molecule has 168 valence electrons. The third-order valence-corrected chi connectivity index (χ3v) is 6.66. The van der Waals surface area contributed by atoms with Crippen LogP contribution in [0.25, 0.3) is 15.6 Å². The molecular weight excluding hydrogens is 426 g/mol. The molecule has 7 heteroatoms. The second-order valence-electron chi connectivity index (χ2n) is 8.84. The maximum absolute atomic E-state index is 13.5. The molecule has 3 heterocycles. The molecule has 1 amide bonds. The van der Waals surface area contributed by atoms with Crippen molar-refractivity contribution in [2.45, 2.75) is 25.6 Å². The van der Waals surface area contributed by atoms with E-state index in [-0.39, 0.29) is 11.9 Å². The molecule has 0 saturated carbocycles. The van der Waals surface area contributed by atoms with Gasteiger partial charge in [0, 0.05) is 44.0 Å². The van der Waals surface area contributed by atoms with Crippen molar-refractivity contribution in [3.8, 4) is 11.5 Å². The highest BCUT2D eigenvalue weighted by Gasteiger charge is 2.28. The van der Waals surface area contributed by atoms with Crippen LogP contribution in [-0.2, 0) is 13.1 Å². The minimum atomic E-state index is 0.0326. The third kappa shape index (κ3) is 3.68. The fourth-order valence-corrected chi connectivity index (χ4v) is 4.82. The predicted molar refractivity (Wildman–Crippen MR) is 129 cm³/mol. The molecule has 6 rings (SSSR count). The van der Waals surface area contributed by atoms with Crippen molar-refractivity contribution in [3.05, 3.63) is 95.4 Å². The van der Waals surface area contributed by atoms with Gasteiger partial charge in [0.25, 0.3) is 5.91 Å². The van der Waals surface area contributed by atoms with E-state index in [4.69, 9.17) is 11.3 Å². The topological polar surface area (TPSA) is 63.8 Å². The molecule has 0 spiro atoms. The van der Waals surface area contributed by atoms with Crippen molar-refractivity contribution in [1.82, 2.24) is 19.8 Å². The van der Waals surface area contributed by atoms with Crippen molar-refractivity contribution < 1.29 is 9.53 Å². The van der Waals surface area contributed by atoms with Crippen LogP contribution in [0.4, 0.5) is 5.69 Å². The third-order valence-electron chi connectivity index (χ3n) is 6.66. The fourth-order valence-electron chi connectivity index (χ4n) is 4.82. The van der Waals surface area contributed by atoms with Crippen LogP contribution in [0, 0.1) is 6.57 Å². The molecule has 4 aromatic rings. The molecule has 1 N–H and O–H groups in total. The summed E-state index contributed by atoms with van der Waals surface area (Å²) in [6, 6.07) is 17.5. The quantitative estimate of drug-likeness (QED) is 0.394. The molecule has 34 heavy (non-hydrogen) atoms. The summed E-state index contributed by atoms with van der Waals surface area (Å²) in [6.07, 6.45) is 4.61. The van der Waals surface area contributed by atoms with Crippen LogP contribution >= 0.6 is 0 Å². The van der Waals surface area contributed by atoms with Crippen LogP contribution in [0.5, 0.6) is 11.5 Å². The van der Waals surface area contributed by atoms with Crippen LogP contribution in [0.3, 0.4) is 0 Å². The van der Waals surface area contributed by atoms with Gasteiger partial charge < -0.3 is 19.5 Å². The monoisotopic (exact) mass is 449 g/mol. The lowest BCUT2D eigenvalue weighted by Crippen LogP contribution is -2.35. The lowest BCUT2D eigenvalue weighted by Gasteiger charge is -2.19. The average molecular weight is 450 g/mol.